The molecule has 2 aromatic rings. The molecular formula is C17H17ClN4. The van der Waals surface area contributed by atoms with Gasteiger partial charge in [-0.25, -0.2) is 4.98 Å². The second-order valence-corrected chi connectivity index (χ2v) is 5.79. The van der Waals surface area contributed by atoms with E-state index in [0.29, 0.717) is 16.6 Å². The minimum atomic E-state index is 0.346. The Morgan fingerprint density at radius 3 is 3.09 bits per heavy atom. The molecule has 1 aromatic heterocycles. The summed E-state index contributed by atoms with van der Waals surface area (Å²) in [4.78, 5) is 4.23. The van der Waals surface area contributed by atoms with Gasteiger partial charge in [0.1, 0.15) is 6.07 Å². The predicted octanol–water partition coefficient (Wildman–Crippen LogP) is 4.09. The van der Waals surface area contributed by atoms with E-state index < -0.39 is 0 Å². The molecule has 1 N–H and O–H groups in total. The Balaban J connectivity index is 1.68. The van der Waals surface area contributed by atoms with E-state index in [2.05, 4.69) is 33.9 Å². The average Bonchev–Trinajstić information content (AvgIpc) is 3.15. The van der Waals surface area contributed by atoms with Crippen molar-refractivity contribution in [2.45, 2.75) is 32.4 Å². The second-order valence-electron chi connectivity index (χ2n) is 5.38. The van der Waals surface area contributed by atoms with Gasteiger partial charge in [-0.3, -0.25) is 0 Å². The van der Waals surface area contributed by atoms with Crippen LogP contribution in [0.4, 0.5) is 5.69 Å². The molecule has 0 spiro atoms. The molecule has 1 aliphatic rings. The van der Waals surface area contributed by atoms with Crippen LogP contribution in [0.3, 0.4) is 0 Å². The van der Waals surface area contributed by atoms with Gasteiger partial charge in [-0.15, -0.1) is 0 Å². The lowest BCUT2D eigenvalue weighted by Crippen LogP contribution is -2.15. The molecular weight excluding hydrogens is 296 g/mol. The van der Waals surface area contributed by atoms with Crippen LogP contribution in [-0.4, -0.2) is 15.6 Å². The molecule has 0 saturated carbocycles. The lowest BCUT2D eigenvalue weighted by atomic mass is 10.1. The summed E-state index contributed by atoms with van der Waals surface area (Å²) in [7, 11) is 0. The summed E-state index contributed by atoms with van der Waals surface area (Å²) < 4.78 is 2.16. The Bertz CT molecular complexity index is 754. The van der Waals surface area contributed by atoms with E-state index >= 15 is 0 Å². The van der Waals surface area contributed by atoms with E-state index in [1.807, 2.05) is 24.7 Å². The van der Waals surface area contributed by atoms with Gasteiger partial charge >= 0.3 is 0 Å². The van der Waals surface area contributed by atoms with Gasteiger partial charge < -0.3 is 9.88 Å². The monoisotopic (exact) mass is 312 g/mol. The summed E-state index contributed by atoms with van der Waals surface area (Å²) in [6.45, 7) is 3.05. The summed E-state index contributed by atoms with van der Waals surface area (Å²) in [5.41, 5.74) is 3.98. The maximum Gasteiger partial charge on any atom is 0.101 e. The Kier molecular flexibility index (Phi) is 4.17. The van der Waals surface area contributed by atoms with Crippen LogP contribution in [-0.2, 0) is 6.54 Å². The molecule has 22 heavy (non-hydrogen) atoms. The molecule has 1 aromatic carbocycles. The fourth-order valence-electron chi connectivity index (χ4n) is 2.81. The summed E-state index contributed by atoms with van der Waals surface area (Å²) in [5.74, 6) is 0. The quantitative estimate of drug-likeness (QED) is 0.925. The van der Waals surface area contributed by atoms with Crippen molar-refractivity contribution < 1.29 is 0 Å². The Hall–Kier alpha value is -2.25. The molecule has 112 valence electrons. The van der Waals surface area contributed by atoms with Crippen LogP contribution >= 0.6 is 11.6 Å². The maximum absolute atomic E-state index is 8.91. The van der Waals surface area contributed by atoms with Crippen LogP contribution in [0.1, 0.15) is 31.0 Å². The van der Waals surface area contributed by atoms with Crippen molar-refractivity contribution in [2.24, 2.45) is 0 Å². The average molecular weight is 313 g/mol. The Morgan fingerprint density at radius 1 is 1.50 bits per heavy atom. The van der Waals surface area contributed by atoms with E-state index in [9.17, 15) is 0 Å². The van der Waals surface area contributed by atoms with Crippen LogP contribution in [0.2, 0.25) is 5.02 Å². The molecule has 3 rings (SSSR count). The highest BCUT2D eigenvalue weighted by Crippen LogP contribution is 2.30. The van der Waals surface area contributed by atoms with Gasteiger partial charge in [-0.05, 0) is 43.5 Å². The lowest BCUT2D eigenvalue weighted by Gasteiger charge is -2.15. The fraction of sp³-hybridized carbons (Fsp3) is 0.294. The highest BCUT2D eigenvalue weighted by molar-refractivity contribution is 6.32. The van der Waals surface area contributed by atoms with Crippen LogP contribution in [0.15, 0.2) is 36.8 Å². The number of hydrogen-bond donors (Lipinski definition) is 1. The second kappa shape index (κ2) is 6.25. The van der Waals surface area contributed by atoms with E-state index in [1.54, 1.807) is 6.07 Å². The zero-order valence-electron chi connectivity index (χ0n) is 12.4. The Labute approximate surface area is 135 Å². The molecule has 4 nitrogen and oxygen atoms in total. The number of nitrogens with zero attached hydrogens (tertiary/aromatic N) is 3. The number of nitrogens with one attached hydrogen (secondary N) is 1. The van der Waals surface area contributed by atoms with Gasteiger partial charge in [-0.1, -0.05) is 17.7 Å². The topological polar surface area (TPSA) is 53.6 Å². The largest absolute Gasteiger partial charge is 0.382 e. The van der Waals surface area contributed by atoms with Crippen molar-refractivity contribution in [1.29, 1.82) is 5.26 Å². The smallest absolute Gasteiger partial charge is 0.101 e. The van der Waals surface area contributed by atoms with Crippen LogP contribution < -0.4 is 5.32 Å². The molecule has 1 heterocycles. The van der Waals surface area contributed by atoms with Crippen LogP contribution in [0.5, 0.6) is 0 Å². The molecule has 1 unspecified atom stereocenters. The van der Waals surface area contributed by atoms with Gasteiger partial charge in [0.15, 0.2) is 0 Å². The van der Waals surface area contributed by atoms with E-state index in [0.717, 1.165) is 25.1 Å². The highest BCUT2D eigenvalue weighted by atomic mass is 35.5. The lowest BCUT2D eigenvalue weighted by molar-refractivity contribution is 0.742. The number of aromatic nitrogens is 2. The number of benzene rings is 1. The number of hydrogen-bond acceptors (Lipinski definition) is 3. The third-order valence-electron chi connectivity index (χ3n) is 3.96. The van der Waals surface area contributed by atoms with Crippen molar-refractivity contribution >= 4 is 22.9 Å². The Morgan fingerprint density at radius 2 is 2.36 bits per heavy atom. The van der Waals surface area contributed by atoms with E-state index in [1.165, 1.54) is 11.3 Å². The first-order chi connectivity index (χ1) is 10.7. The number of anilines is 1. The van der Waals surface area contributed by atoms with Gasteiger partial charge in [0.2, 0.25) is 0 Å². The molecule has 0 amide bonds. The standard InChI is InChI=1S/C17H17ClN4/c1-2-22-11-20-10-17(22)12-3-5-14(7-12)21-15-6-4-13(9-19)16(18)8-15/h3-4,6,8,10-11,14,21H,2,5,7H2,1H3. The normalized spacial score (nSPS) is 17.1. The van der Waals surface area contributed by atoms with Gasteiger partial charge in [0, 0.05) is 18.3 Å². The maximum atomic E-state index is 8.91. The van der Waals surface area contributed by atoms with Crippen molar-refractivity contribution in [3.63, 3.8) is 0 Å². The fourth-order valence-corrected chi connectivity index (χ4v) is 3.03. The number of imidazole rings is 1. The van der Waals surface area contributed by atoms with Crippen molar-refractivity contribution in [2.75, 3.05) is 5.32 Å². The van der Waals surface area contributed by atoms with Gasteiger partial charge in [0.25, 0.3) is 0 Å². The van der Waals surface area contributed by atoms with Gasteiger partial charge in [-0.2, -0.15) is 5.26 Å². The van der Waals surface area contributed by atoms with Crippen molar-refractivity contribution in [3.8, 4) is 6.07 Å². The molecule has 5 heteroatoms. The number of rotatable bonds is 4. The van der Waals surface area contributed by atoms with Crippen molar-refractivity contribution in [3.05, 3.63) is 53.1 Å². The molecule has 0 aliphatic heterocycles. The number of halogens is 1. The SMILES string of the molecule is CCn1cncc1C1=CCC(Nc2ccc(C#N)c(Cl)c2)C1. The molecule has 1 aliphatic carbocycles. The van der Waals surface area contributed by atoms with Crippen molar-refractivity contribution in [1.82, 2.24) is 9.55 Å². The minimum absolute atomic E-state index is 0.346. The molecule has 0 bridgehead atoms. The zero-order valence-corrected chi connectivity index (χ0v) is 13.1. The highest BCUT2D eigenvalue weighted by Gasteiger charge is 2.20. The summed E-state index contributed by atoms with van der Waals surface area (Å²) >= 11 is 6.08. The molecule has 0 radical (unpaired) electrons. The summed E-state index contributed by atoms with van der Waals surface area (Å²) in [6.07, 6.45) is 8.00. The summed E-state index contributed by atoms with van der Waals surface area (Å²) in [6, 6.07) is 7.89. The third-order valence-corrected chi connectivity index (χ3v) is 4.27. The van der Waals surface area contributed by atoms with Crippen LogP contribution in [0, 0.1) is 11.3 Å². The minimum Gasteiger partial charge on any atom is -0.382 e. The van der Waals surface area contributed by atoms with E-state index in [-0.39, 0.29) is 0 Å². The zero-order chi connectivity index (χ0) is 15.5. The molecule has 0 saturated heterocycles. The van der Waals surface area contributed by atoms with Gasteiger partial charge in [0.05, 0.1) is 28.8 Å². The van der Waals surface area contributed by atoms with Crippen LogP contribution in [0.25, 0.3) is 5.57 Å². The first-order valence-corrected chi connectivity index (χ1v) is 7.74. The summed E-state index contributed by atoms with van der Waals surface area (Å²) in [5, 5.41) is 12.9. The first-order valence-electron chi connectivity index (χ1n) is 7.37. The molecule has 0 fully saturated rings. The number of aryl methyl sites for hydroxylation is 1. The number of nitriles is 1. The first kappa shape index (κ1) is 14.7. The predicted molar refractivity (Wildman–Crippen MR) is 88.7 cm³/mol. The third kappa shape index (κ3) is 2.86. The van der Waals surface area contributed by atoms with E-state index in [4.69, 9.17) is 16.9 Å². The molecule has 1 atom stereocenters.